The summed E-state index contributed by atoms with van der Waals surface area (Å²) in [6.45, 7) is 4.17. The van der Waals surface area contributed by atoms with E-state index in [-0.39, 0.29) is 0 Å². The first-order valence-corrected chi connectivity index (χ1v) is 6.94. The third kappa shape index (κ3) is 2.42. The highest BCUT2D eigenvalue weighted by Crippen LogP contribution is 2.28. The van der Waals surface area contributed by atoms with Gasteiger partial charge in [0.05, 0.1) is 31.0 Å². The molecule has 0 N–H and O–H groups in total. The number of benzene rings is 2. The van der Waals surface area contributed by atoms with Crippen LogP contribution in [0.5, 0.6) is 5.75 Å². The molecule has 2 aromatic carbocycles. The van der Waals surface area contributed by atoms with Gasteiger partial charge in [-0.25, -0.2) is 4.98 Å². The van der Waals surface area contributed by atoms with Crippen LogP contribution in [0.1, 0.15) is 11.1 Å². The van der Waals surface area contributed by atoms with Gasteiger partial charge in [-0.1, -0.05) is 30.3 Å². The molecule has 0 aliphatic carbocycles. The van der Waals surface area contributed by atoms with E-state index in [4.69, 9.17) is 4.74 Å². The van der Waals surface area contributed by atoms with Crippen LogP contribution >= 0.6 is 0 Å². The Hall–Kier alpha value is -2.55. The number of rotatable bonds is 3. The number of ether oxygens (including phenoxy) is 1. The molecule has 0 aliphatic rings. The van der Waals surface area contributed by atoms with Crippen molar-refractivity contribution in [2.75, 3.05) is 7.11 Å². The highest BCUT2D eigenvalue weighted by molar-refractivity contribution is 5.62. The van der Waals surface area contributed by atoms with Gasteiger partial charge in [-0.05, 0) is 31.0 Å². The molecule has 0 bridgehead atoms. The van der Waals surface area contributed by atoms with Crippen molar-refractivity contribution < 1.29 is 4.74 Å². The van der Waals surface area contributed by atoms with Gasteiger partial charge in [-0.2, -0.15) is 0 Å². The molecule has 3 heteroatoms. The van der Waals surface area contributed by atoms with Crippen molar-refractivity contribution in [3.8, 4) is 22.7 Å². The predicted molar refractivity (Wildman–Crippen MR) is 85.0 cm³/mol. The lowest BCUT2D eigenvalue weighted by atomic mass is 10.1. The first-order chi connectivity index (χ1) is 10.2. The van der Waals surface area contributed by atoms with E-state index in [0.717, 1.165) is 22.7 Å². The average molecular weight is 278 g/mol. The first-order valence-electron chi connectivity index (χ1n) is 6.94. The molecule has 0 aliphatic heterocycles. The van der Waals surface area contributed by atoms with E-state index in [1.54, 1.807) is 7.11 Å². The van der Waals surface area contributed by atoms with E-state index < -0.39 is 0 Å². The molecular formula is C18H18N2O. The van der Waals surface area contributed by atoms with Crippen molar-refractivity contribution in [1.82, 2.24) is 9.55 Å². The number of methoxy groups -OCH3 is 1. The summed E-state index contributed by atoms with van der Waals surface area (Å²) < 4.78 is 7.56. The van der Waals surface area contributed by atoms with Crippen molar-refractivity contribution in [3.63, 3.8) is 0 Å². The zero-order valence-corrected chi connectivity index (χ0v) is 12.5. The standard InChI is InChI=1S/C18H18N2O/c1-13-9-16(10-18(21-3)14(13)2)20-12-19-11-17(20)15-7-5-4-6-8-15/h4-12H,1-3H3. The van der Waals surface area contributed by atoms with Gasteiger partial charge >= 0.3 is 0 Å². The maximum absolute atomic E-state index is 5.48. The molecule has 0 unspecified atom stereocenters. The first kappa shape index (κ1) is 13.4. The molecular weight excluding hydrogens is 260 g/mol. The Bertz CT molecular complexity index is 760. The maximum Gasteiger partial charge on any atom is 0.124 e. The van der Waals surface area contributed by atoms with E-state index in [0.29, 0.717) is 0 Å². The molecule has 106 valence electrons. The molecule has 0 fully saturated rings. The topological polar surface area (TPSA) is 27.1 Å². The summed E-state index contributed by atoms with van der Waals surface area (Å²) in [7, 11) is 1.71. The number of hydrogen-bond donors (Lipinski definition) is 0. The van der Waals surface area contributed by atoms with Gasteiger partial charge in [-0.3, -0.25) is 4.57 Å². The molecule has 0 atom stereocenters. The molecule has 0 radical (unpaired) electrons. The smallest absolute Gasteiger partial charge is 0.124 e. The predicted octanol–water partition coefficient (Wildman–Crippen LogP) is 4.16. The maximum atomic E-state index is 5.48. The van der Waals surface area contributed by atoms with Crippen LogP contribution in [-0.2, 0) is 0 Å². The quantitative estimate of drug-likeness (QED) is 0.719. The third-order valence-corrected chi connectivity index (χ3v) is 3.81. The van der Waals surface area contributed by atoms with E-state index in [1.165, 1.54) is 11.1 Å². The monoisotopic (exact) mass is 278 g/mol. The minimum atomic E-state index is 0.901. The van der Waals surface area contributed by atoms with E-state index >= 15 is 0 Å². The van der Waals surface area contributed by atoms with Gasteiger partial charge in [0.1, 0.15) is 5.75 Å². The molecule has 21 heavy (non-hydrogen) atoms. The molecule has 0 saturated heterocycles. The fraction of sp³-hybridized carbons (Fsp3) is 0.167. The lowest BCUT2D eigenvalue weighted by Crippen LogP contribution is -1.99. The third-order valence-electron chi connectivity index (χ3n) is 3.81. The van der Waals surface area contributed by atoms with Crippen LogP contribution in [0.4, 0.5) is 0 Å². The minimum Gasteiger partial charge on any atom is -0.496 e. The van der Waals surface area contributed by atoms with Crippen LogP contribution in [0.3, 0.4) is 0 Å². The van der Waals surface area contributed by atoms with Crippen LogP contribution in [0.25, 0.3) is 16.9 Å². The van der Waals surface area contributed by atoms with Gasteiger partial charge in [0.2, 0.25) is 0 Å². The Morgan fingerprint density at radius 2 is 1.81 bits per heavy atom. The van der Waals surface area contributed by atoms with E-state index in [2.05, 4.69) is 47.7 Å². The zero-order chi connectivity index (χ0) is 14.8. The number of aryl methyl sites for hydroxylation is 1. The highest BCUT2D eigenvalue weighted by atomic mass is 16.5. The van der Waals surface area contributed by atoms with Crippen molar-refractivity contribution in [2.45, 2.75) is 13.8 Å². The molecule has 3 aromatic rings. The SMILES string of the molecule is COc1cc(-n2cncc2-c2ccccc2)cc(C)c1C. The molecule has 0 amide bonds. The number of nitrogens with zero attached hydrogens (tertiary/aromatic N) is 2. The summed E-state index contributed by atoms with van der Waals surface area (Å²) in [6, 6.07) is 14.5. The molecule has 0 saturated carbocycles. The molecule has 0 spiro atoms. The van der Waals surface area contributed by atoms with Gasteiger partial charge < -0.3 is 4.74 Å². The highest BCUT2D eigenvalue weighted by Gasteiger charge is 2.10. The second-order valence-corrected chi connectivity index (χ2v) is 5.10. The fourth-order valence-electron chi connectivity index (χ4n) is 2.48. The average Bonchev–Trinajstić information content (AvgIpc) is 3.00. The fourth-order valence-corrected chi connectivity index (χ4v) is 2.48. The molecule has 1 heterocycles. The molecule has 3 nitrogen and oxygen atoms in total. The summed E-state index contributed by atoms with van der Waals surface area (Å²) in [5.74, 6) is 0.901. The summed E-state index contributed by atoms with van der Waals surface area (Å²) in [6.07, 6.45) is 3.73. The second-order valence-electron chi connectivity index (χ2n) is 5.10. The van der Waals surface area contributed by atoms with Crippen LogP contribution in [0.2, 0.25) is 0 Å². The van der Waals surface area contributed by atoms with Crippen molar-refractivity contribution in [2.24, 2.45) is 0 Å². The summed E-state index contributed by atoms with van der Waals surface area (Å²) >= 11 is 0. The normalized spacial score (nSPS) is 10.6. The second kappa shape index (κ2) is 5.44. The van der Waals surface area contributed by atoms with E-state index in [1.807, 2.05) is 30.7 Å². The Morgan fingerprint density at radius 3 is 2.52 bits per heavy atom. The van der Waals surface area contributed by atoms with Crippen molar-refractivity contribution in [3.05, 3.63) is 66.1 Å². The summed E-state index contributed by atoms with van der Waals surface area (Å²) in [4.78, 5) is 4.30. The molecule has 3 rings (SSSR count). The molecule has 1 aromatic heterocycles. The largest absolute Gasteiger partial charge is 0.496 e. The van der Waals surface area contributed by atoms with Gasteiger partial charge in [0.25, 0.3) is 0 Å². The van der Waals surface area contributed by atoms with Crippen LogP contribution < -0.4 is 4.74 Å². The van der Waals surface area contributed by atoms with E-state index in [9.17, 15) is 0 Å². The van der Waals surface area contributed by atoms with Crippen LogP contribution in [0.15, 0.2) is 55.0 Å². The Kier molecular flexibility index (Phi) is 3.48. The minimum absolute atomic E-state index is 0.901. The summed E-state index contributed by atoms with van der Waals surface area (Å²) in [5, 5.41) is 0. The lowest BCUT2D eigenvalue weighted by molar-refractivity contribution is 0.411. The van der Waals surface area contributed by atoms with Gasteiger partial charge in [0, 0.05) is 11.6 Å². The van der Waals surface area contributed by atoms with Crippen LogP contribution in [0, 0.1) is 13.8 Å². The number of aromatic nitrogens is 2. The zero-order valence-electron chi connectivity index (χ0n) is 12.5. The Morgan fingerprint density at radius 1 is 1.05 bits per heavy atom. The number of hydrogen-bond acceptors (Lipinski definition) is 2. The van der Waals surface area contributed by atoms with Gasteiger partial charge in [-0.15, -0.1) is 0 Å². The summed E-state index contributed by atoms with van der Waals surface area (Å²) in [5.41, 5.74) is 5.65. The van der Waals surface area contributed by atoms with Crippen molar-refractivity contribution >= 4 is 0 Å². The number of imidazole rings is 1. The van der Waals surface area contributed by atoms with Gasteiger partial charge in [0.15, 0.2) is 0 Å². The Balaban J connectivity index is 2.15. The van der Waals surface area contributed by atoms with Crippen LogP contribution in [-0.4, -0.2) is 16.7 Å². The Labute approximate surface area is 124 Å². The van der Waals surface area contributed by atoms with Crippen molar-refractivity contribution in [1.29, 1.82) is 0 Å². The lowest BCUT2D eigenvalue weighted by Gasteiger charge is -2.13.